The number of nitro benzene ring substituents is 1. The molecule has 0 bridgehead atoms. The predicted molar refractivity (Wildman–Crippen MR) is 70.5 cm³/mol. The molecule has 0 aliphatic carbocycles. The highest BCUT2D eigenvalue weighted by Crippen LogP contribution is 2.25. The van der Waals surface area contributed by atoms with Gasteiger partial charge >= 0.3 is 0 Å². The summed E-state index contributed by atoms with van der Waals surface area (Å²) in [5.74, 6) is -0.0596. The molecule has 1 aliphatic rings. The predicted octanol–water partition coefficient (Wildman–Crippen LogP) is 1.21. The van der Waals surface area contributed by atoms with Crippen molar-refractivity contribution in [2.45, 2.75) is 19.9 Å². The van der Waals surface area contributed by atoms with E-state index in [-0.39, 0.29) is 18.1 Å². The summed E-state index contributed by atoms with van der Waals surface area (Å²) in [6.45, 7) is 3.57. The van der Waals surface area contributed by atoms with Gasteiger partial charge in [-0.2, -0.15) is 0 Å². The van der Waals surface area contributed by atoms with E-state index in [1.54, 1.807) is 18.2 Å². The zero-order valence-electron chi connectivity index (χ0n) is 10.8. The van der Waals surface area contributed by atoms with Crippen LogP contribution in [0.1, 0.15) is 18.9 Å². The van der Waals surface area contributed by atoms with Crippen LogP contribution in [0.4, 0.5) is 5.69 Å². The monoisotopic (exact) mass is 263 g/mol. The topological polar surface area (TPSA) is 84.3 Å². The van der Waals surface area contributed by atoms with E-state index in [1.807, 2.05) is 6.92 Å². The maximum atomic E-state index is 12.1. The first kappa shape index (κ1) is 13.5. The van der Waals surface area contributed by atoms with Gasteiger partial charge in [-0.25, -0.2) is 0 Å². The van der Waals surface area contributed by atoms with E-state index < -0.39 is 10.3 Å². The Balaban J connectivity index is 2.03. The molecule has 1 aromatic carbocycles. The lowest BCUT2D eigenvalue weighted by atomic mass is 9.89. The number of amides is 1. The molecular weight excluding hydrogens is 246 g/mol. The van der Waals surface area contributed by atoms with Crippen LogP contribution in [0.3, 0.4) is 0 Å². The van der Waals surface area contributed by atoms with E-state index in [0.717, 1.165) is 13.0 Å². The molecule has 1 unspecified atom stereocenters. The van der Waals surface area contributed by atoms with Crippen molar-refractivity contribution in [2.24, 2.45) is 5.41 Å². The number of para-hydroxylation sites is 1. The van der Waals surface area contributed by atoms with Gasteiger partial charge in [0.2, 0.25) is 5.91 Å². The maximum absolute atomic E-state index is 12.1. The van der Waals surface area contributed by atoms with Crippen molar-refractivity contribution in [1.29, 1.82) is 0 Å². The molecule has 19 heavy (non-hydrogen) atoms. The number of carbonyl (C=O) groups is 1. The number of nitrogens with one attached hydrogen (secondary N) is 2. The molecule has 1 aromatic rings. The van der Waals surface area contributed by atoms with Gasteiger partial charge in [0, 0.05) is 24.7 Å². The lowest BCUT2D eigenvalue weighted by molar-refractivity contribution is -0.385. The normalized spacial score (nSPS) is 22.2. The fourth-order valence-electron chi connectivity index (χ4n) is 2.24. The fraction of sp³-hybridized carbons (Fsp3) is 0.462. The average molecular weight is 263 g/mol. The summed E-state index contributed by atoms with van der Waals surface area (Å²) in [4.78, 5) is 22.5. The summed E-state index contributed by atoms with van der Waals surface area (Å²) in [6.07, 6.45) is 0.787. The molecule has 1 atom stereocenters. The Bertz CT molecular complexity index is 496. The molecule has 102 valence electrons. The highest BCUT2D eigenvalue weighted by Gasteiger charge is 2.36. The third-order valence-corrected chi connectivity index (χ3v) is 3.54. The Morgan fingerprint density at radius 3 is 2.89 bits per heavy atom. The van der Waals surface area contributed by atoms with Gasteiger partial charge < -0.3 is 10.6 Å². The van der Waals surface area contributed by atoms with Crippen LogP contribution in [0.2, 0.25) is 0 Å². The van der Waals surface area contributed by atoms with Crippen LogP contribution in [-0.2, 0) is 11.3 Å². The van der Waals surface area contributed by atoms with Crippen molar-refractivity contribution < 1.29 is 9.72 Å². The number of nitro groups is 1. The summed E-state index contributed by atoms with van der Waals surface area (Å²) in [5, 5.41) is 16.8. The van der Waals surface area contributed by atoms with Crippen LogP contribution >= 0.6 is 0 Å². The van der Waals surface area contributed by atoms with Gasteiger partial charge in [0.25, 0.3) is 5.69 Å². The minimum Gasteiger partial charge on any atom is -0.351 e. The van der Waals surface area contributed by atoms with Crippen LogP contribution in [0.5, 0.6) is 0 Å². The van der Waals surface area contributed by atoms with Crippen LogP contribution < -0.4 is 10.6 Å². The molecule has 0 spiro atoms. The quantitative estimate of drug-likeness (QED) is 0.631. The van der Waals surface area contributed by atoms with Gasteiger partial charge in [-0.1, -0.05) is 18.2 Å². The van der Waals surface area contributed by atoms with Gasteiger partial charge in [0.05, 0.1) is 10.3 Å². The standard InChI is InChI=1S/C13H17N3O3/c1-13(6-7-14-9-13)12(17)15-8-10-4-2-3-5-11(10)16(18)19/h2-5,14H,6-9H2,1H3,(H,15,17). The number of carbonyl (C=O) groups excluding carboxylic acids is 1. The summed E-state index contributed by atoms with van der Waals surface area (Å²) in [6, 6.07) is 6.45. The van der Waals surface area contributed by atoms with Gasteiger partial charge in [-0.05, 0) is 19.9 Å². The fourth-order valence-corrected chi connectivity index (χ4v) is 2.24. The third kappa shape index (κ3) is 2.90. The Morgan fingerprint density at radius 1 is 1.53 bits per heavy atom. The highest BCUT2D eigenvalue weighted by atomic mass is 16.6. The number of nitrogens with zero attached hydrogens (tertiary/aromatic N) is 1. The lowest BCUT2D eigenvalue weighted by Gasteiger charge is -2.21. The number of hydrogen-bond acceptors (Lipinski definition) is 4. The Kier molecular flexibility index (Phi) is 3.80. The van der Waals surface area contributed by atoms with Crippen LogP contribution in [0.25, 0.3) is 0 Å². The molecule has 1 aliphatic heterocycles. The molecular formula is C13H17N3O3. The molecule has 2 rings (SSSR count). The molecule has 1 fully saturated rings. The molecule has 1 amide bonds. The van der Waals surface area contributed by atoms with Crippen molar-refractivity contribution in [1.82, 2.24) is 10.6 Å². The van der Waals surface area contributed by atoms with Gasteiger partial charge in [-0.15, -0.1) is 0 Å². The highest BCUT2D eigenvalue weighted by molar-refractivity contribution is 5.82. The second kappa shape index (κ2) is 5.36. The molecule has 1 saturated heterocycles. The smallest absolute Gasteiger partial charge is 0.274 e. The molecule has 2 N–H and O–H groups in total. The van der Waals surface area contributed by atoms with E-state index in [9.17, 15) is 14.9 Å². The summed E-state index contributed by atoms with van der Waals surface area (Å²) < 4.78 is 0. The Labute approximate surface area is 111 Å². The van der Waals surface area contributed by atoms with Crippen molar-refractivity contribution >= 4 is 11.6 Å². The van der Waals surface area contributed by atoms with Crippen LogP contribution in [0, 0.1) is 15.5 Å². The zero-order chi connectivity index (χ0) is 13.9. The second-order valence-electron chi connectivity index (χ2n) is 5.06. The van der Waals surface area contributed by atoms with E-state index >= 15 is 0 Å². The number of benzene rings is 1. The number of rotatable bonds is 4. The van der Waals surface area contributed by atoms with E-state index in [1.165, 1.54) is 6.07 Å². The SMILES string of the molecule is CC1(C(=O)NCc2ccccc2[N+](=O)[O-])CCNC1. The van der Waals surface area contributed by atoms with Crippen molar-refractivity contribution in [3.8, 4) is 0 Å². The number of hydrogen-bond donors (Lipinski definition) is 2. The first-order valence-corrected chi connectivity index (χ1v) is 6.24. The molecule has 0 radical (unpaired) electrons. The first-order valence-electron chi connectivity index (χ1n) is 6.24. The molecule has 1 heterocycles. The first-order chi connectivity index (χ1) is 9.03. The summed E-state index contributed by atoms with van der Waals surface area (Å²) in [5.41, 5.74) is 0.150. The van der Waals surface area contributed by atoms with Crippen LogP contribution in [0.15, 0.2) is 24.3 Å². The molecule has 6 heteroatoms. The summed E-state index contributed by atoms with van der Waals surface area (Å²) >= 11 is 0. The molecule has 0 aromatic heterocycles. The Hall–Kier alpha value is -1.95. The van der Waals surface area contributed by atoms with Gasteiger partial charge in [0.1, 0.15) is 0 Å². The molecule has 0 saturated carbocycles. The van der Waals surface area contributed by atoms with Crippen molar-refractivity contribution in [3.63, 3.8) is 0 Å². The third-order valence-electron chi connectivity index (χ3n) is 3.54. The Morgan fingerprint density at radius 2 is 2.26 bits per heavy atom. The van der Waals surface area contributed by atoms with Crippen LogP contribution in [-0.4, -0.2) is 23.9 Å². The largest absolute Gasteiger partial charge is 0.351 e. The lowest BCUT2D eigenvalue weighted by Crippen LogP contribution is -2.40. The van der Waals surface area contributed by atoms with Gasteiger partial charge in [0.15, 0.2) is 0 Å². The van der Waals surface area contributed by atoms with Crippen molar-refractivity contribution in [3.05, 3.63) is 39.9 Å². The average Bonchev–Trinajstić information content (AvgIpc) is 2.84. The molecule has 6 nitrogen and oxygen atoms in total. The van der Waals surface area contributed by atoms with E-state index in [0.29, 0.717) is 12.1 Å². The zero-order valence-corrected chi connectivity index (χ0v) is 10.8. The summed E-state index contributed by atoms with van der Waals surface area (Å²) in [7, 11) is 0. The van der Waals surface area contributed by atoms with Gasteiger partial charge in [-0.3, -0.25) is 14.9 Å². The minimum atomic E-state index is -0.430. The van der Waals surface area contributed by atoms with E-state index in [2.05, 4.69) is 10.6 Å². The minimum absolute atomic E-state index is 0.0394. The maximum Gasteiger partial charge on any atom is 0.274 e. The second-order valence-corrected chi connectivity index (χ2v) is 5.06. The van der Waals surface area contributed by atoms with Crippen molar-refractivity contribution in [2.75, 3.05) is 13.1 Å². The van der Waals surface area contributed by atoms with E-state index in [4.69, 9.17) is 0 Å².